The first-order valence-electron chi connectivity index (χ1n) is 14.2. The normalized spacial score (nSPS) is 15.6. The van der Waals surface area contributed by atoms with Crippen LogP contribution in [0.4, 0.5) is 10.5 Å². The van der Waals surface area contributed by atoms with Crippen LogP contribution >= 0.6 is 11.6 Å². The number of benzene rings is 3. The highest BCUT2D eigenvalue weighted by atomic mass is 35.5. The van der Waals surface area contributed by atoms with E-state index in [-0.39, 0.29) is 17.9 Å². The minimum absolute atomic E-state index is 0.215. The lowest BCUT2D eigenvalue weighted by Crippen LogP contribution is -2.53. The van der Waals surface area contributed by atoms with Crippen molar-refractivity contribution >= 4 is 40.1 Å². The van der Waals surface area contributed by atoms with Crippen molar-refractivity contribution in [2.45, 2.75) is 44.2 Å². The second kappa shape index (κ2) is 12.8. The number of urea groups is 1. The minimum Gasteiger partial charge on any atom is -0.361 e. The zero-order valence-electron chi connectivity index (χ0n) is 23.9. The highest BCUT2D eigenvalue weighted by molar-refractivity contribution is 6.30. The fourth-order valence-electron chi connectivity index (χ4n) is 5.78. The van der Waals surface area contributed by atoms with Gasteiger partial charge in [-0.3, -0.25) is 4.79 Å². The summed E-state index contributed by atoms with van der Waals surface area (Å²) in [6.07, 6.45) is 3.67. The first kappa shape index (κ1) is 28.7. The van der Waals surface area contributed by atoms with E-state index in [1.54, 1.807) is 0 Å². The summed E-state index contributed by atoms with van der Waals surface area (Å²) in [6, 6.07) is 22.9. The van der Waals surface area contributed by atoms with Gasteiger partial charge in [0.05, 0.1) is 0 Å². The molecule has 0 unspecified atom stereocenters. The molecule has 1 aliphatic heterocycles. The molecule has 8 heteroatoms. The van der Waals surface area contributed by atoms with Crippen molar-refractivity contribution < 1.29 is 9.59 Å². The number of nitrogens with one attached hydrogen (secondary N) is 3. The Kier molecular flexibility index (Phi) is 8.96. The number of para-hydroxylation sites is 1. The zero-order chi connectivity index (χ0) is 28.9. The number of piperidine rings is 1. The molecule has 1 fully saturated rings. The van der Waals surface area contributed by atoms with Gasteiger partial charge in [-0.15, -0.1) is 0 Å². The molecule has 214 valence electrons. The van der Waals surface area contributed by atoms with E-state index in [1.165, 1.54) is 5.56 Å². The Labute approximate surface area is 246 Å². The predicted octanol–water partition coefficient (Wildman–Crippen LogP) is 6.58. The predicted molar refractivity (Wildman–Crippen MR) is 166 cm³/mol. The van der Waals surface area contributed by atoms with Gasteiger partial charge < -0.3 is 25.4 Å². The monoisotopic (exact) mass is 571 g/mol. The third kappa shape index (κ3) is 6.92. The van der Waals surface area contributed by atoms with Crippen LogP contribution in [0.2, 0.25) is 5.02 Å². The fraction of sp³-hybridized carbons (Fsp3) is 0.333. The Morgan fingerprint density at radius 1 is 1.02 bits per heavy atom. The first-order chi connectivity index (χ1) is 19.8. The molecule has 1 aliphatic rings. The standard InChI is InChI=1S/C33H38ClN5O2/c1-22(29-20-35-30-10-5-4-9-28(29)30)31(32(40)36-27-8-6-7-23(19-27)21-38(2)3)37-33(41)39-17-15-25(16-18-39)24-11-13-26(34)14-12-24/h4-14,19-20,22,25,31,35H,15-18,21H2,1-3H3,(H,36,40)(H,37,41)/t22-,31-/m1/s1. The summed E-state index contributed by atoms with van der Waals surface area (Å²) in [4.78, 5) is 34.6. The minimum atomic E-state index is -0.770. The molecule has 4 aromatic rings. The number of halogens is 1. The number of rotatable bonds is 8. The summed E-state index contributed by atoms with van der Waals surface area (Å²) in [5.41, 5.74) is 5.05. The van der Waals surface area contributed by atoms with Crippen LogP contribution in [0.25, 0.3) is 10.9 Å². The second-order valence-corrected chi connectivity index (χ2v) is 11.7. The molecule has 0 spiro atoms. The fourth-order valence-corrected chi connectivity index (χ4v) is 5.90. The van der Waals surface area contributed by atoms with Gasteiger partial charge >= 0.3 is 6.03 Å². The summed E-state index contributed by atoms with van der Waals surface area (Å²) in [6.45, 7) is 4.01. The van der Waals surface area contributed by atoms with Crippen molar-refractivity contribution in [1.29, 1.82) is 0 Å². The summed E-state index contributed by atoms with van der Waals surface area (Å²) < 4.78 is 0. The number of carbonyl (C=O) groups excluding carboxylic acids is 2. The van der Waals surface area contributed by atoms with E-state index >= 15 is 0 Å². The van der Waals surface area contributed by atoms with Crippen molar-refractivity contribution in [3.63, 3.8) is 0 Å². The molecule has 3 amide bonds. The Balaban J connectivity index is 1.33. The summed E-state index contributed by atoms with van der Waals surface area (Å²) in [5, 5.41) is 7.95. The molecule has 2 heterocycles. The molecule has 0 aliphatic carbocycles. The Morgan fingerprint density at radius 3 is 2.49 bits per heavy atom. The number of amides is 3. The van der Waals surface area contributed by atoms with Crippen molar-refractivity contribution in [3.8, 4) is 0 Å². The van der Waals surface area contributed by atoms with Crippen LogP contribution in [0.3, 0.4) is 0 Å². The lowest BCUT2D eigenvalue weighted by atomic mass is 9.89. The molecule has 1 saturated heterocycles. The smallest absolute Gasteiger partial charge is 0.318 e. The van der Waals surface area contributed by atoms with Crippen molar-refractivity contribution in [2.24, 2.45) is 0 Å². The van der Waals surface area contributed by atoms with E-state index in [9.17, 15) is 9.59 Å². The van der Waals surface area contributed by atoms with E-state index in [4.69, 9.17) is 11.6 Å². The number of carbonyl (C=O) groups is 2. The topological polar surface area (TPSA) is 80.5 Å². The molecule has 0 saturated carbocycles. The van der Waals surface area contributed by atoms with E-state index in [2.05, 4.69) is 32.7 Å². The van der Waals surface area contributed by atoms with E-state index in [0.29, 0.717) is 24.7 Å². The number of nitrogens with zero attached hydrogens (tertiary/aromatic N) is 2. The van der Waals surface area contributed by atoms with Crippen LogP contribution in [0.15, 0.2) is 79.0 Å². The maximum atomic E-state index is 13.8. The van der Waals surface area contributed by atoms with Gasteiger partial charge in [0, 0.05) is 53.4 Å². The van der Waals surface area contributed by atoms with Gasteiger partial charge in [-0.1, -0.05) is 61.0 Å². The van der Waals surface area contributed by atoms with Gasteiger partial charge in [-0.25, -0.2) is 4.79 Å². The summed E-state index contributed by atoms with van der Waals surface area (Å²) in [5.74, 6) is -0.129. The van der Waals surface area contributed by atoms with E-state index in [0.717, 1.165) is 46.4 Å². The van der Waals surface area contributed by atoms with Gasteiger partial charge in [0.1, 0.15) is 6.04 Å². The van der Waals surface area contributed by atoms with Crippen molar-refractivity contribution in [1.82, 2.24) is 20.1 Å². The molecule has 0 radical (unpaired) electrons. The van der Waals surface area contributed by atoms with E-state index in [1.807, 2.05) is 92.8 Å². The number of anilines is 1. The number of aromatic nitrogens is 1. The second-order valence-electron chi connectivity index (χ2n) is 11.2. The quantitative estimate of drug-likeness (QED) is 0.223. The molecule has 5 rings (SSSR count). The maximum Gasteiger partial charge on any atom is 0.318 e. The third-order valence-electron chi connectivity index (χ3n) is 7.99. The third-order valence-corrected chi connectivity index (χ3v) is 8.24. The number of hydrogen-bond acceptors (Lipinski definition) is 3. The van der Waals surface area contributed by atoms with Gasteiger partial charge in [0.2, 0.25) is 5.91 Å². The average molecular weight is 572 g/mol. The van der Waals surface area contributed by atoms with Gasteiger partial charge in [0.25, 0.3) is 0 Å². The lowest BCUT2D eigenvalue weighted by Gasteiger charge is -2.34. The molecule has 3 N–H and O–H groups in total. The van der Waals surface area contributed by atoms with E-state index < -0.39 is 6.04 Å². The number of aromatic amines is 1. The number of likely N-dealkylation sites (tertiary alicyclic amines) is 1. The highest BCUT2D eigenvalue weighted by Crippen LogP contribution is 2.31. The molecular formula is C33H38ClN5O2. The van der Waals surface area contributed by atoms with Gasteiger partial charge in [-0.2, -0.15) is 0 Å². The molecule has 7 nitrogen and oxygen atoms in total. The molecule has 41 heavy (non-hydrogen) atoms. The zero-order valence-corrected chi connectivity index (χ0v) is 24.6. The maximum absolute atomic E-state index is 13.8. The number of fused-ring (bicyclic) bond motifs is 1. The molecule has 0 bridgehead atoms. The Morgan fingerprint density at radius 2 is 1.76 bits per heavy atom. The van der Waals surface area contributed by atoms with Gasteiger partial charge in [-0.05, 0) is 79.9 Å². The van der Waals surface area contributed by atoms with Crippen LogP contribution in [-0.2, 0) is 11.3 Å². The molecule has 3 aromatic carbocycles. The summed E-state index contributed by atoms with van der Waals surface area (Å²) in [7, 11) is 4.02. The molecule has 1 aromatic heterocycles. The van der Waals surface area contributed by atoms with Crippen LogP contribution in [0.1, 0.15) is 48.3 Å². The van der Waals surface area contributed by atoms with Crippen molar-refractivity contribution in [3.05, 3.63) is 101 Å². The van der Waals surface area contributed by atoms with Crippen LogP contribution in [-0.4, -0.2) is 59.9 Å². The highest BCUT2D eigenvalue weighted by Gasteiger charge is 2.32. The summed E-state index contributed by atoms with van der Waals surface area (Å²) >= 11 is 6.06. The van der Waals surface area contributed by atoms with Gasteiger partial charge in [0.15, 0.2) is 0 Å². The molecule has 2 atom stereocenters. The first-order valence-corrected chi connectivity index (χ1v) is 14.6. The SMILES string of the molecule is C[C@H](c1c[nH]c2ccccc12)[C@@H](NC(=O)N1CCC(c2ccc(Cl)cc2)CC1)C(=O)Nc1cccc(CN(C)C)c1. The number of hydrogen-bond donors (Lipinski definition) is 3. The molecular weight excluding hydrogens is 534 g/mol. The van der Waals surface area contributed by atoms with Crippen LogP contribution in [0.5, 0.6) is 0 Å². The van der Waals surface area contributed by atoms with Crippen LogP contribution < -0.4 is 10.6 Å². The Bertz CT molecular complexity index is 1490. The largest absolute Gasteiger partial charge is 0.361 e. The van der Waals surface area contributed by atoms with Crippen molar-refractivity contribution in [2.75, 3.05) is 32.5 Å². The lowest BCUT2D eigenvalue weighted by molar-refractivity contribution is -0.118. The Hall–Kier alpha value is -3.81. The average Bonchev–Trinajstić information content (AvgIpc) is 3.40. The number of H-pyrrole nitrogens is 1. The van der Waals surface area contributed by atoms with Crippen LogP contribution in [0, 0.1) is 0 Å².